The molecule has 106 valence electrons. The van der Waals surface area contributed by atoms with Gasteiger partial charge < -0.3 is 10.2 Å². The molecule has 20 heavy (non-hydrogen) atoms. The summed E-state index contributed by atoms with van der Waals surface area (Å²) in [4.78, 5) is 15.2. The monoisotopic (exact) mass is 276 g/mol. The van der Waals surface area contributed by atoms with Gasteiger partial charge in [0.2, 0.25) is 0 Å². The first-order valence-corrected chi connectivity index (χ1v) is 6.24. The minimum Gasteiger partial charge on any atom is -0.476 e. The summed E-state index contributed by atoms with van der Waals surface area (Å²) in [5.74, 6) is -1.15. The fourth-order valence-electron chi connectivity index (χ4n) is 1.80. The highest BCUT2D eigenvalue weighted by Crippen LogP contribution is 2.24. The van der Waals surface area contributed by atoms with Crippen LogP contribution >= 0.6 is 0 Å². The smallest absolute Gasteiger partial charge is 0.358 e. The van der Waals surface area contributed by atoms with Gasteiger partial charge in [0.25, 0.3) is 0 Å². The van der Waals surface area contributed by atoms with E-state index >= 15 is 0 Å². The molecule has 0 spiro atoms. The molecule has 2 rings (SSSR count). The van der Waals surface area contributed by atoms with E-state index < -0.39 is 11.6 Å². The van der Waals surface area contributed by atoms with Crippen molar-refractivity contribution in [2.45, 2.75) is 32.4 Å². The van der Waals surface area contributed by atoms with E-state index in [0.717, 1.165) is 0 Å². The number of carboxylic acid groups (broad SMARTS) is 1. The number of aromatic carboxylic acids is 1. The first-order chi connectivity index (χ1) is 9.44. The van der Waals surface area contributed by atoms with Crippen molar-refractivity contribution < 1.29 is 15.0 Å². The van der Waals surface area contributed by atoms with Gasteiger partial charge in [-0.2, -0.15) is 0 Å². The molecule has 2 aromatic heterocycles. The van der Waals surface area contributed by atoms with Crippen LogP contribution in [0.4, 0.5) is 0 Å². The summed E-state index contributed by atoms with van der Waals surface area (Å²) < 4.78 is 1.42. The maximum Gasteiger partial charge on any atom is 0.358 e. The molecule has 0 saturated heterocycles. The zero-order valence-corrected chi connectivity index (χ0v) is 11.3. The van der Waals surface area contributed by atoms with E-state index in [0.29, 0.717) is 17.7 Å². The highest BCUT2D eigenvalue weighted by molar-refractivity contribution is 5.92. The topological polar surface area (TPSA) is 101 Å². The Morgan fingerprint density at radius 2 is 2.05 bits per heavy atom. The van der Waals surface area contributed by atoms with Crippen molar-refractivity contribution in [2.24, 2.45) is 0 Å². The zero-order chi connectivity index (χ0) is 14.8. The van der Waals surface area contributed by atoms with Crippen molar-refractivity contribution in [3.8, 4) is 11.3 Å². The number of hydrogen-bond acceptors (Lipinski definition) is 5. The first kappa shape index (κ1) is 14.1. The Morgan fingerprint density at radius 3 is 2.60 bits per heavy atom. The first-order valence-electron chi connectivity index (χ1n) is 6.24. The molecule has 0 fully saturated rings. The van der Waals surface area contributed by atoms with Crippen molar-refractivity contribution in [1.29, 1.82) is 0 Å². The summed E-state index contributed by atoms with van der Waals surface area (Å²) in [7, 11) is 0. The fraction of sp³-hybridized carbons (Fsp3) is 0.385. The molecule has 0 aromatic carbocycles. The number of carboxylic acids is 1. The predicted molar refractivity (Wildman–Crippen MR) is 71.1 cm³/mol. The molecule has 2 aromatic rings. The van der Waals surface area contributed by atoms with Gasteiger partial charge in [-0.25, -0.2) is 9.48 Å². The van der Waals surface area contributed by atoms with Gasteiger partial charge in [-0.3, -0.25) is 4.98 Å². The third kappa shape index (κ3) is 2.83. The number of pyridine rings is 1. The van der Waals surface area contributed by atoms with Crippen LogP contribution in [0.5, 0.6) is 0 Å². The number of carbonyl (C=O) groups is 1. The normalized spacial score (nSPS) is 13.9. The van der Waals surface area contributed by atoms with Gasteiger partial charge in [0.15, 0.2) is 5.69 Å². The minimum atomic E-state index is -1.15. The van der Waals surface area contributed by atoms with Crippen molar-refractivity contribution in [2.75, 3.05) is 0 Å². The number of aliphatic hydroxyl groups is 1. The van der Waals surface area contributed by atoms with Gasteiger partial charge in [0.1, 0.15) is 5.69 Å². The number of nitrogens with zero attached hydrogens (tertiary/aromatic N) is 4. The largest absolute Gasteiger partial charge is 0.476 e. The molecule has 2 N–H and O–H groups in total. The van der Waals surface area contributed by atoms with Crippen LogP contribution in [0.15, 0.2) is 24.5 Å². The quantitative estimate of drug-likeness (QED) is 0.851. The Balaban J connectivity index is 2.52. The minimum absolute atomic E-state index is 0.136. The van der Waals surface area contributed by atoms with Gasteiger partial charge in [-0.1, -0.05) is 12.1 Å². The molecular weight excluding hydrogens is 260 g/mol. The van der Waals surface area contributed by atoms with Crippen LogP contribution in [-0.2, 0) is 6.54 Å². The second-order valence-electron chi connectivity index (χ2n) is 4.84. The summed E-state index contributed by atoms with van der Waals surface area (Å²) in [6.07, 6.45) is 3.65. The van der Waals surface area contributed by atoms with Crippen LogP contribution < -0.4 is 0 Å². The van der Waals surface area contributed by atoms with Crippen LogP contribution in [-0.4, -0.2) is 41.8 Å². The molecule has 0 aliphatic carbocycles. The summed E-state index contributed by atoms with van der Waals surface area (Å²) >= 11 is 0. The van der Waals surface area contributed by atoms with E-state index in [-0.39, 0.29) is 12.2 Å². The molecule has 7 heteroatoms. The third-order valence-corrected chi connectivity index (χ3v) is 3.14. The maximum absolute atomic E-state index is 11.2. The Hall–Kier alpha value is -2.28. The molecule has 0 radical (unpaired) electrons. The Kier molecular flexibility index (Phi) is 3.80. The fourth-order valence-corrected chi connectivity index (χ4v) is 1.80. The van der Waals surface area contributed by atoms with E-state index in [9.17, 15) is 15.0 Å². The molecule has 0 aliphatic rings. The van der Waals surface area contributed by atoms with Gasteiger partial charge in [0.05, 0.1) is 12.1 Å². The van der Waals surface area contributed by atoms with Gasteiger partial charge in [-0.15, -0.1) is 5.10 Å². The van der Waals surface area contributed by atoms with Crippen LogP contribution in [0.25, 0.3) is 11.3 Å². The summed E-state index contributed by atoms with van der Waals surface area (Å²) in [5, 5.41) is 26.9. The van der Waals surface area contributed by atoms with Crippen LogP contribution in [0.1, 0.15) is 30.8 Å². The molecule has 0 aliphatic heterocycles. The van der Waals surface area contributed by atoms with E-state index in [1.807, 2.05) is 6.92 Å². The van der Waals surface area contributed by atoms with Crippen molar-refractivity contribution in [3.63, 3.8) is 0 Å². The van der Waals surface area contributed by atoms with Crippen molar-refractivity contribution in [1.82, 2.24) is 20.0 Å². The lowest BCUT2D eigenvalue weighted by molar-refractivity contribution is 0.0344. The lowest BCUT2D eigenvalue weighted by Gasteiger charge is -2.21. The van der Waals surface area contributed by atoms with Gasteiger partial charge >= 0.3 is 5.97 Å². The summed E-state index contributed by atoms with van der Waals surface area (Å²) in [6, 6.07) is 3.37. The van der Waals surface area contributed by atoms with E-state index in [2.05, 4.69) is 15.3 Å². The van der Waals surface area contributed by atoms with E-state index in [1.54, 1.807) is 31.5 Å². The van der Waals surface area contributed by atoms with E-state index in [1.165, 1.54) is 4.68 Å². The molecule has 0 saturated carbocycles. The Bertz CT molecular complexity index is 607. The zero-order valence-electron chi connectivity index (χ0n) is 11.3. The van der Waals surface area contributed by atoms with E-state index in [4.69, 9.17) is 0 Å². The molecule has 2 heterocycles. The SMILES string of the molecule is CCC(C)(O)Cn1nnc(C(=O)O)c1-c1ccncc1. The molecule has 1 atom stereocenters. The standard InChI is InChI=1S/C13H16N4O3/c1-3-13(2,20)8-17-11(9-4-6-14-7-5-9)10(12(18)19)15-16-17/h4-7,20H,3,8H2,1-2H3,(H,18,19). The molecule has 0 amide bonds. The molecular formula is C13H16N4O3. The lowest BCUT2D eigenvalue weighted by atomic mass is 10.0. The average Bonchev–Trinajstić information content (AvgIpc) is 2.83. The second-order valence-corrected chi connectivity index (χ2v) is 4.84. The predicted octanol–water partition coefficient (Wildman–Crippen LogP) is 1.20. The number of rotatable bonds is 5. The molecule has 1 unspecified atom stereocenters. The average molecular weight is 276 g/mol. The second kappa shape index (κ2) is 5.38. The third-order valence-electron chi connectivity index (χ3n) is 3.14. The lowest BCUT2D eigenvalue weighted by Crippen LogP contribution is -2.30. The summed E-state index contributed by atoms with van der Waals surface area (Å²) in [5.41, 5.74) is -0.100. The van der Waals surface area contributed by atoms with Crippen LogP contribution in [0.2, 0.25) is 0 Å². The maximum atomic E-state index is 11.2. The molecule has 0 bridgehead atoms. The Labute approximate surface area is 115 Å². The van der Waals surface area contributed by atoms with Crippen molar-refractivity contribution in [3.05, 3.63) is 30.2 Å². The van der Waals surface area contributed by atoms with Crippen LogP contribution in [0.3, 0.4) is 0 Å². The molecule has 7 nitrogen and oxygen atoms in total. The van der Waals surface area contributed by atoms with Crippen molar-refractivity contribution >= 4 is 5.97 Å². The number of aromatic nitrogens is 4. The van der Waals surface area contributed by atoms with Gasteiger partial charge in [-0.05, 0) is 25.5 Å². The highest BCUT2D eigenvalue weighted by Gasteiger charge is 2.25. The number of hydrogen-bond donors (Lipinski definition) is 2. The summed E-state index contributed by atoms with van der Waals surface area (Å²) in [6.45, 7) is 3.69. The Morgan fingerprint density at radius 1 is 1.40 bits per heavy atom. The van der Waals surface area contributed by atoms with Crippen LogP contribution in [0, 0.1) is 0 Å². The highest BCUT2D eigenvalue weighted by atomic mass is 16.4. The van der Waals surface area contributed by atoms with Gasteiger partial charge in [0, 0.05) is 18.0 Å².